The molecule has 21 rings (SSSR count). The second-order valence-electron chi connectivity index (χ2n) is 37.3. The highest BCUT2D eigenvalue weighted by molar-refractivity contribution is 6.46. The van der Waals surface area contributed by atoms with Gasteiger partial charge in [0.2, 0.25) is 24.3 Å². The van der Waals surface area contributed by atoms with E-state index in [1.807, 2.05) is 64.5 Å². The van der Waals surface area contributed by atoms with Crippen molar-refractivity contribution >= 4 is 192 Å². The van der Waals surface area contributed by atoms with Crippen molar-refractivity contribution < 1.29 is 59.0 Å². The maximum Gasteiger partial charge on any atom is 0.319 e. The molecule has 8 atom stereocenters. The van der Waals surface area contributed by atoms with Crippen molar-refractivity contribution in [3.05, 3.63) is 293 Å². The maximum atomic E-state index is 16.6. The Hall–Kier alpha value is -15.1. The van der Waals surface area contributed by atoms with Crippen LogP contribution in [0.25, 0.3) is 137 Å². The van der Waals surface area contributed by atoms with E-state index in [0.29, 0.717) is 156 Å². The lowest BCUT2D eigenvalue weighted by molar-refractivity contribution is -0.131. The number of benzene rings is 8. The number of carbonyl (C=O) groups is 4. The fourth-order valence-electron chi connectivity index (χ4n) is 20.9. The molecule has 5 saturated heterocycles. The SMILES string of the molecule is C=CC(=O)N1C[C@@H](C)N(c2ncnc3c(F)c(-c4cccc5ccc(F)c(Cl)c45)ncc23)[C@@H](C)C1.C=CC(=O)N1C[C@H](C)N(c2ncnc3c(F)c(-c4cccc5ccc(F)c(Cl)c45)ncc23)[C@@H](C)C1.C=CC(=O)N1[C@@H](C)CN(c2ncnc3c(F)c(-c4cccc5ccc(F)c(Cl)c45)ncc23)C[C@@H]1C.[C-]#[N+]C[C@H]1CN(c2nc(OC[C@@H]3CCCN3C)nc3c(F)c(-c4cccc5ccc(Cl)c(Cl)c45)ncc23)CCN1C(=O)C(=C)F. The third kappa shape index (κ3) is 20.0. The van der Waals surface area contributed by atoms with Crippen LogP contribution >= 0.6 is 58.0 Å². The number of likely N-dealkylation sites (tertiary alicyclic amines) is 1. The molecule has 8 aromatic carbocycles. The Balaban J connectivity index is 0.000000131. The topological polar surface area (TPSA) is 266 Å². The van der Waals surface area contributed by atoms with Gasteiger partial charge >= 0.3 is 6.01 Å². The Kier molecular flexibility index (Phi) is 30.8. The summed E-state index contributed by atoms with van der Waals surface area (Å²) in [6, 6.07) is 32.0. The molecule has 5 aliphatic rings. The molecule has 0 N–H and O–H groups in total. The number of aromatic nitrogens is 12. The molecule has 150 heavy (non-hydrogen) atoms. The Labute approximate surface area is 881 Å². The lowest BCUT2D eigenvalue weighted by Crippen LogP contribution is -2.58. The number of halogens is 13. The van der Waals surface area contributed by atoms with Crippen molar-refractivity contribution in [2.24, 2.45) is 0 Å². The summed E-state index contributed by atoms with van der Waals surface area (Å²) in [4.78, 5) is 122. The minimum Gasteiger partial charge on any atom is -0.462 e. The molecule has 0 aliphatic carbocycles. The summed E-state index contributed by atoms with van der Waals surface area (Å²) in [7, 11) is 2.03. The number of anilines is 4. The lowest BCUT2D eigenvalue weighted by Gasteiger charge is -2.45. The third-order valence-corrected chi connectivity index (χ3v) is 29.7. The predicted octanol–water partition coefficient (Wildman–Crippen LogP) is 22.3. The van der Waals surface area contributed by atoms with E-state index < -0.39 is 58.5 Å². The molecule has 0 saturated carbocycles. The first-order valence-corrected chi connectivity index (χ1v) is 49.9. The van der Waals surface area contributed by atoms with Crippen LogP contribution in [0.3, 0.4) is 0 Å². The number of pyridine rings is 4. The van der Waals surface area contributed by atoms with Crippen molar-refractivity contribution in [3.8, 4) is 51.0 Å². The molecule has 16 aromatic rings. The van der Waals surface area contributed by atoms with Gasteiger partial charge in [-0.1, -0.05) is 181 Å². The fraction of sp³-hybridized carbons (Fsp3) is 0.264. The number of hydrogen-bond acceptors (Lipinski definition) is 22. The van der Waals surface area contributed by atoms with Gasteiger partial charge in [0.25, 0.3) is 5.91 Å². The Bertz CT molecular complexity index is 7970. The van der Waals surface area contributed by atoms with Crippen LogP contribution in [-0.4, -0.2) is 242 Å². The van der Waals surface area contributed by atoms with Gasteiger partial charge in [0.1, 0.15) is 117 Å². The molecule has 13 heterocycles. The van der Waals surface area contributed by atoms with Crippen LogP contribution in [0, 0.1) is 47.3 Å². The largest absolute Gasteiger partial charge is 0.462 e. The van der Waals surface area contributed by atoms with E-state index in [2.05, 4.69) is 106 Å². The quantitative estimate of drug-likeness (QED) is 0.0494. The summed E-state index contributed by atoms with van der Waals surface area (Å²) in [5.41, 5.74) is 2.02. The van der Waals surface area contributed by atoms with Gasteiger partial charge in [-0.15, -0.1) is 0 Å². The summed E-state index contributed by atoms with van der Waals surface area (Å²) in [6.07, 6.45) is 16.0. The average Bonchev–Trinajstić information content (AvgIpc) is 0.908. The van der Waals surface area contributed by atoms with Gasteiger partial charge in [-0.05, 0) is 132 Å². The highest BCUT2D eigenvalue weighted by atomic mass is 35.5. The number of nitrogens with zero attached hydrogens (tertiary/aromatic N) is 22. The Morgan fingerprint density at radius 2 is 0.807 bits per heavy atom. The van der Waals surface area contributed by atoms with Gasteiger partial charge in [-0.3, -0.25) is 39.1 Å². The molecule has 5 aliphatic heterocycles. The first-order chi connectivity index (χ1) is 72.1. The number of rotatable bonds is 16. The number of likely N-dealkylation sites (N-methyl/N-ethyl adjacent to an activating group) is 1. The van der Waals surface area contributed by atoms with Crippen LogP contribution in [0.2, 0.25) is 25.1 Å². The van der Waals surface area contributed by atoms with Gasteiger partial charge in [-0.25, -0.2) is 71.6 Å². The molecule has 0 spiro atoms. The average molecular weight is 2130 g/mol. The molecule has 766 valence electrons. The summed E-state index contributed by atoms with van der Waals surface area (Å²) in [5.74, 6) is -4.73. The molecule has 8 aromatic heterocycles. The van der Waals surface area contributed by atoms with Crippen molar-refractivity contribution in [2.75, 3.05) is 105 Å². The van der Waals surface area contributed by atoms with E-state index in [0.717, 1.165) is 24.8 Å². The van der Waals surface area contributed by atoms with Crippen LogP contribution in [0.15, 0.2) is 215 Å². The standard InChI is InChI=1S/C32H29Cl2F2N7O2.3C26H22ClF2N5O/c1-18(35)31(44)43-13-12-42(16-21(43)14-37-2)30-23-15-38-28(22-8-4-6-19-9-10-24(33)26(34)25(19)22)27(36)29(23)39-32(40-30)45-17-20-7-5-11-41(20)3;1-4-20(35)34-14(2)11-33(12-15(34)3)26-18-10-30-24(23(29)25(18)31-13-32-26)17-7-5-6-16-8-9-19(28)22(27)21(16)17;2*1-4-20(35)33-11-14(2)34(15(3)12-33)26-18-10-30-24(23(29)25(18)31-13-32-26)17-7-5-6-16-8-9-19(28)22(27)21(16)17/h4,6,8-10,15,20-21H,1,5,7,11-14,16-17H2,3H3;3*4-10,13-15H,1,11-12H2,2-3H3/t20-,21-;14-,15-;14-,15+;14-,15-/m00.0/s1. The van der Waals surface area contributed by atoms with Gasteiger partial charge < -0.3 is 53.7 Å². The predicted molar refractivity (Wildman–Crippen MR) is 571 cm³/mol. The van der Waals surface area contributed by atoms with Gasteiger partial charge in [-0.2, -0.15) is 9.97 Å². The van der Waals surface area contributed by atoms with Crippen LogP contribution in [-0.2, 0) is 19.2 Å². The van der Waals surface area contributed by atoms with E-state index in [4.69, 9.17) is 69.3 Å². The van der Waals surface area contributed by atoms with E-state index in [1.165, 1.54) is 85.1 Å². The highest BCUT2D eigenvalue weighted by Crippen LogP contribution is 2.46. The molecule has 5 fully saturated rings. The number of fused-ring (bicyclic) bond motifs is 8. The normalized spacial score (nSPS) is 18.5. The van der Waals surface area contributed by atoms with E-state index in [1.54, 1.807) is 112 Å². The fourth-order valence-corrected chi connectivity index (χ4v) is 22.2. The molecule has 27 nitrogen and oxygen atoms in total. The summed E-state index contributed by atoms with van der Waals surface area (Å²) in [6.45, 7) is 37.8. The summed E-state index contributed by atoms with van der Waals surface area (Å²) < 4.78 is 127. The molecule has 4 amide bonds. The zero-order chi connectivity index (χ0) is 106. The molecule has 0 unspecified atom stereocenters. The number of ether oxygens (including phenoxy) is 1. The number of carbonyl (C=O) groups excluding carboxylic acids is 4. The van der Waals surface area contributed by atoms with Gasteiger partial charge in [0.15, 0.2) is 29.1 Å². The molecular formula is C110H95Cl5F8N22O5. The smallest absolute Gasteiger partial charge is 0.319 e. The van der Waals surface area contributed by atoms with Crippen molar-refractivity contribution in [2.45, 2.75) is 103 Å². The second kappa shape index (κ2) is 44.0. The van der Waals surface area contributed by atoms with E-state index in [9.17, 15) is 36.7 Å². The Morgan fingerprint density at radius 3 is 1.19 bits per heavy atom. The minimum absolute atomic E-state index is 0.00713. The minimum atomic E-state index is -1.09. The van der Waals surface area contributed by atoms with Gasteiger partial charge in [0.05, 0.1) is 46.7 Å². The van der Waals surface area contributed by atoms with Crippen LogP contribution in [0.4, 0.5) is 58.4 Å². The van der Waals surface area contributed by atoms with Crippen LogP contribution in [0.1, 0.15) is 54.4 Å². The lowest BCUT2D eigenvalue weighted by atomic mass is 10.0. The second-order valence-corrected chi connectivity index (χ2v) is 39.2. The highest BCUT2D eigenvalue weighted by Gasteiger charge is 2.41. The number of amides is 4. The van der Waals surface area contributed by atoms with Crippen molar-refractivity contribution in [1.29, 1.82) is 0 Å². The van der Waals surface area contributed by atoms with E-state index >= 15 is 17.6 Å². The molecule has 0 radical (unpaired) electrons. The molecule has 40 heteroatoms. The Morgan fingerprint density at radius 1 is 0.427 bits per heavy atom. The van der Waals surface area contributed by atoms with Crippen molar-refractivity contribution in [1.82, 2.24) is 84.3 Å². The van der Waals surface area contributed by atoms with Gasteiger partial charge in [0, 0.05) is 170 Å². The summed E-state index contributed by atoms with van der Waals surface area (Å²) in [5, 5.41) is 6.56. The maximum absolute atomic E-state index is 16.6. The van der Waals surface area contributed by atoms with Crippen LogP contribution < -0.4 is 24.3 Å². The van der Waals surface area contributed by atoms with Crippen LogP contribution in [0.5, 0.6) is 6.01 Å². The molecular weight excluding hydrogens is 2040 g/mol. The number of hydrogen-bond donors (Lipinski definition) is 0. The first-order valence-electron chi connectivity index (χ1n) is 48.0. The first kappa shape index (κ1) is 105. The van der Waals surface area contributed by atoms with E-state index in [-0.39, 0.29) is 157 Å². The summed E-state index contributed by atoms with van der Waals surface area (Å²) >= 11 is 31.7. The van der Waals surface area contributed by atoms with Crippen molar-refractivity contribution in [3.63, 3.8) is 0 Å². The molecule has 0 bridgehead atoms. The monoisotopic (exact) mass is 2130 g/mol. The zero-order valence-corrected chi connectivity index (χ0v) is 85.7. The zero-order valence-electron chi connectivity index (χ0n) is 82.0. The number of piperazine rings is 4. The third-order valence-electron chi connectivity index (χ3n) is 27.8.